The van der Waals surface area contributed by atoms with E-state index < -0.39 is 6.10 Å². The Hall–Kier alpha value is -1.30. The fourth-order valence-electron chi connectivity index (χ4n) is 3.91. The highest BCUT2D eigenvalue weighted by atomic mass is 16.5. The van der Waals surface area contributed by atoms with Gasteiger partial charge in [-0.3, -0.25) is 0 Å². The van der Waals surface area contributed by atoms with Crippen LogP contribution in [0.4, 0.5) is 5.69 Å². The molecule has 134 valence electrons. The first-order valence-corrected chi connectivity index (χ1v) is 9.16. The molecular weight excluding hydrogens is 302 g/mol. The highest BCUT2D eigenvalue weighted by Crippen LogP contribution is 2.28. The van der Waals surface area contributed by atoms with Crippen molar-refractivity contribution in [3.63, 3.8) is 0 Å². The summed E-state index contributed by atoms with van der Waals surface area (Å²) in [6.07, 6.45) is 4.75. The first kappa shape index (κ1) is 17.5. The van der Waals surface area contributed by atoms with Gasteiger partial charge in [0.15, 0.2) is 0 Å². The lowest BCUT2D eigenvalue weighted by molar-refractivity contribution is 0.0831. The molecular formula is C19H31N3O2. The number of benzene rings is 1. The van der Waals surface area contributed by atoms with E-state index >= 15 is 0 Å². The maximum atomic E-state index is 9.84. The van der Waals surface area contributed by atoms with Gasteiger partial charge in [0.25, 0.3) is 0 Å². The summed E-state index contributed by atoms with van der Waals surface area (Å²) in [5.41, 5.74) is 1.16. The Bertz CT molecular complexity index is 506. The van der Waals surface area contributed by atoms with Crippen LogP contribution in [0.1, 0.15) is 25.7 Å². The Morgan fingerprint density at radius 1 is 1.25 bits per heavy atom. The van der Waals surface area contributed by atoms with Crippen LogP contribution in [0.2, 0.25) is 0 Å². The number of nitrogens with zero attached hydrogens (tertiary/aromatic N) is 2. The first-order chi connectivity index (χ1) is 11.6. The average molecular weight is 333 g/mol. The highest BCUT2D eigenvalue weighted by Gasteiger charge is 2.31. The summed E-state index contributed by atoms with van der Waals surface area (Å²) >= 11 is 0. The molecule has 2 aliphatic rings. The number of aliphatic hydroxyl groups excluding tert-OH is 1. The minimum Gasteiger partial charge on any atom is -0.491 e. The molecule has 2 N–H and O–H groups in total. The number of nitrogens with one attached hydrogen (secondary N) is 1. The molecule has 0 radical (unpaired) electrons. The zero-order chi connectivity index (χ0) is 16.9. The molecule has 0 aliphatic carbocycles. The van der Waals surface area contributed by atoms with Crippen LogP contribution in [0.15, 0.2) is 24.3 Å². The van der Waals surface area contributed by atoms with E-state index in [-0.39, 0.29) is 0 Å². The van der Waals surface area contributed by atoms with Crippen LogP contribution in [-0.4, -0.2) is 73.4 Å². The van der Waals surface area contributed by atoms with Gasteiger partial charge in [0, 0.05) is 30.9 Å². The van der Waals surface area contributed by atoms with Gasteiger partial charge >= 0.3 is 0 Å². The monoisotopic (exact) mass is 333 g/mol. The topological polar surface area (TPSA) is 48.0 Å². The fourth-order valence-corrected chi connectivity index (χ4v) is 3.91. The van der Waals surface area contributed by atoms with Crippen molar-refractivity contribution in [2.75, 3.05) is 45.7 Å². The summed E-state index contributed by atoms with van der Waals surface area (Å²) < 4.78 is 5.66. The SMILES string of the molecule is CN(C)CC(O)COc1ccc(NC2CCN3CCCC3C2)cc1. The molecule has 5 heteroatoms. The van der Waals surface area contributed by atoms with Crippen molar-refractivity contribution in [3.05, 3.63) is 24.3 Å². The van der Waals surface area contributed by atoms with Gasteiger partial charge in [0.2, 0.25) is 0 Å². The van der Waals surface area contributed by atoms with Gasteiger partial charge in [-0.05, 0) is 70.6 Å². The summed E-state index contributed by atoms with van der Waals surface area (Å²) in [6.45, 7) is 3.46. The molecule has 2 aliphatic heterocycles. The molecule has 3 unspecified atom stereocenters. The summed E-state index contributed by atoms with van der Waals surface area (Å²) in [7, 11) is 3.89. The molecule has 0 bridgehead atoms. The van der Waals surface area contributed by atoms with E-state index in [0.717, 1.165) is 17.5 Å². The smallest absolute Gasteiger partial charge is 0.119 e. The second kappa shape index (κ2) is 8.19. The van der Waals surface area contributed by atoms with Crippen molar-refractivity contribution in [1.82, 2.24) is 9.80 Å². The molecule has 3 atom stereocenters. The Balaban J connectivity index is 1.44. The second-order valence-electron chi connectivity index (χ2n) is 7.45. The lowest BCUT2D eigenvalue weighted by atomic mass is 9.97. The van der Waals surface area contributed by atoms with E-state index in [0.29, 0.717) is 19.2 Å². The van der Waals surface area contributed by atoms with Crippen LogP contribution in [0.5, 0.6) is 5.75 Å². The number of likely N-dealkylation sites (N-methyl/N-ethyl adjacent to an activating group) is 1. The van der Waals surface area contributed by atoms with Crippen LogP contribution in [-0.2, 0) is 0 Å². The summed E-state index contributed by atoms with van der Waals surface area (Å²) in [4.78, 5) is 4.60. The molecule has 2 saturated heterocycles. The summed E-state index contributed by atoms with van der Waals surface area (Å²) in [5, 5.41) is 13.5. The van der Waals surface area contributed by atoms with Crippen LogP contribution >= 0.6 is 0 Å². The molecule has 0 amide bonds. The number of ether oxygens (including phenoxy) is 1. The summed E-state index contributed by atoms with van der Waals surface area (Å²) in [6, 6.07) is 9.49. The van der Waals surface area contributed by atoms with Crippen LogP contribution in [0.25, 0.3) is 0 Å². The number of hydrogen-bond donors (Lipinski definition) is 2. The molecule has 1 aromatic rings. The van der Waals surface area contributed by atoms with Crippen molar-refractivity contribution in [2.45, 2.75) is 43.9 Å². The number of rotatable bonds is 7. The minimum absolute atomic E-state index is 0.324. The molecule has 2 fully saturated rings. The normalized spacial score (nSPS) is 25.5. The minimum atomic E-state index is -0.464. The third-order valence-corrected chi connectivity index (χ3v) is 5.06. The number of piperidine rings is 1. The number of anilines is 1. The van der Waals surface area contributed by atoms with Gasteiger partial charge in [0.05, 0.1) is 0 Å². The second-order valence-corrected chi connectivity index (χ2v) is 7.45. The van der Waals surface area contributed by atoms with Crippen LogP contribution in [0.3, 0.4) is 0 Å². The van der Waals surface area contributed by atoms with Gasteiger partial charge in [-0.1, -0.05) is 0 Å². The van der Waals surface area contributed by atoms with E-state index in [1.807, 2.05) is 31.1 Å². The number of hydrogen-bond acceptors (Lipinski definition) is 5. The van der Waals surface area contributed by atoms with Crippen LogP contribution < -0.4 is 10.1 Å². The first-order valence-electron chi connectivity index (χ1n) is 9.16. The van der Waals surface area contributed by atoms with Crippen molar-refractivity contribution in [1.29, 1.82) is 0 Å². The predicted octanol–water partition coefficient (Wildman–Crippen LogP) is 2.03. The lowest BCUT2D eigenvalue weighted by Gasteiger charge is -2.35. The largest absolute Gasteiger partial charge is 0.491 e. The summed E-state index contributed by atoms with van der Waals surface area (Å²) in [5.74, 6) is 0.809. The Labute approximate surface area is 145 Å². The lowest BCUT2D eigenvalue weighted by Crippen LogP contribution is -2.42. The molecule has 0 spiro atoms. The zero-order valence-electron chi connectivity index (χ0n) is 14.9. The standard InChI is InChI=1S/C19H31N3O2/c1-21(2)13-18(23)14-24-19-7-5-15(6-8-19)20-16-9-11-22-10-3-4-17(22)12-16/h5-8,16-18,20,23H,3-4,9-14H2,1-2H3. The van der Waals surface area contributed by atoms with Crippen molar-refractivity contribution in [3.8, 4) is 5.75 Å². The molecule has 5 nitrogen and oxygen atoms in total. The van der Waals surface area contributed by atoms with E-state index in [1.165, 1.54) is 38.8 Å². The maximum absolute atomic E-state index is 9.84. The van der Waals surface area contributed by atoms with E-state index in [1.54, 1.807) is 0 Å². The third kappa shape index (κ3) is 4.85. The van der Waals surface area contributed by atoms with Gasteiger partial charge in [-0.2, -0.15) is 0 Å². The highest BCUT2D eigenvalue weighted by molar-refractivity contribution is 5.47. The van der Waals surface area contributed by atoms with E-state index in [2.05, 4.69) is 22.3 Å². The van der Waals surface area contributed by atoms with Gasteiger partial charge in [-0.25, -0.2) is 0 Å². The Kier molecular flexibility index (Phi) is 5.98. The quantitative estimate of drug-likeness (QED) is 0.799. The van der Waals surface area contributed by atoms with Crippen LogP contribution in [0, 0.1) is 0 Å². The Morgan fingerprint density at radius 3 is 2.79 bits per heavy atom. The van der Waals surface area contributed by atoms with Gasteiger partial charge in [0.1, 0.15) is 18.5 Å². The van der Waals surface area contributed by atoms with Gasteiger partial charge < -0.3 is 25.0 Å². The molecule has 3 rings (SSSR count). The number of aliphatic hydroxyl groups is 1. The molecule has 1 aromatic carbocycles. The molecule has 24 heavy (non-hydrogen) atoms. The molecule has 0 saturated carbocycles. The van der Waals surface area contributed by atoms with Crippen molar-refractivity contribution >= 4 is 5.69 Å². The van der Waals surface area contributed by atoms with Crippen molar-refractivity contribution < 1.29 is 9.84 Å². The Morgan fingerprint density at radius 2 is 2.04 bits per heavy atom. The molecule has 0 aromatic heterocycles. The third-order valence-electron chi connectivity index (χ3n) is 5.06. The van der Waals surface area contributed by atoms with E-state index in [4.69, 9.17) is 4.74 Å². The van der Waals surface area contributed by atoms with Crippen molar-refractivity contribution in [2.24, 2.45) is 0 Å². The zero-order valence-corrected chi connectivity index (χ0v) is 14.9. The maximum Gasteiger partial charge on any atom is 0.119 e. The molecule has 2 heterocycles. The number of fused-ring (bicyclic) bond motifs is 1. The predicted molar refractivity (Wildman–Crippen MR) is 97.7 cm³/mol. The average Bonchev–Trinajstić information content (AvgIpc) is 3.01. The fraction of sp³-hybridized carbons (Fsp3) is 0.684. The van der Waals surface area contributed by atoms with Gasteiger partial charge in [-0.15, -0.1) is 0 Å². The van der Waals surface area contributed by atoms with E-state index in [9.17, 15) is 5.11 Å².